The number of aromatic nitrogens is 2. The molecule has 1 aliphatic rings. The first-order chi connectivity index (χ1) is 10.9. The summed E-state index contributed by atoms with van der Waals surface area (Å²) in [6, 6.07) is 1.13. The minimum absolute atomic E-state index is 0.301. The third-order valence-electron chi connectivity index (χ3n) is 5.68. The summed E-state index contributed by atoms with van der Waals surface area (Å²) in [4.78, 5) is 25.3. The molecule has 0 amide bonds. The fourth-order valence-corrected chi connectivity index (χ4v) is 6.20. The van der Waals surface area contributed by atoms with Crippen LogP contribution in [-0.2, 0) is 4.74 Å². The molecule has 0 bridgehead atoms. The highest BCUT2D eigenvalue weighted by molar-refractivity contribution is 6.83. The molecular formula is C15H26N2O6Si. The zero-order valence-corrected chi connectivity index (χ0v) is 15.6. The van der Waals surface area contributed by atoms with Gasteiger partial charge in [-0.1, -0.05) is 33.9 Å². The van der Waals surface area contributed by atoms with E-state index >= 15 is 0 Å². The summed E-state index contributed by atoms with van der Waals surface area (Å²) < 4.78 is 6.68. The largest absolute Gasteiger partial charge is 0.394 e. The van der Waals surface area contributed by atoms with Crippen LogP contribution in [0.2, 0.25) is 18.1 Å². The standard InChI is InChI=1S/C15H26N2O6Si/c1-14(2,3)24(4,5)15(22)9(8-18)23-12(11(15)20)17-7-6-10(19)16-13(17)21/h6-7,9,11-12,18,20,22H,8H2,1-5H3,(H,16,19,21)/t9-,11+,12-,15+/m1/s1. The van der Waals surface area contributed by atoms with Gasteiger partial charge in [0, 0.05) is 12.3 Å². The van der Waals surface area contributed by atoms with Crippen LogP contribution in [0.25, 0.3) is 0 Å². The van der Waals surface area contributed by atoms with Crippen LogP contribution in [0.4, 0.5) is 0 Å². The normalized spacial score (nSPS) is 31.4. The Kier molecular flexibility index (Phi) is 4.70. The first kappa shape index (κ1) is 19.1. The highest BCUT2D eigenvalue weighted by atomic mass is 28.3. The van der Waals surface area contributed by atoms with Gasteiger partial charge in [-0.05, 0) is 5.04 Å². The van der Waals surface area contributed by atoms with E-state index in [2.05, 4.69) is 4.98 Å². The smallest absolute Gasteiger partial charge is 0.330 e. The van der Waals surface area contributed by atoms with Crippen LogP contribution in [0.1, 0.15) is 27.0 Å². The van der Waals surface area contributed by atoms with Crippen LogP contribution in [0.3, 0.4) is 0 Å². The molecule has 1 aromatic heterocycles. The van der Waals surface area contributed by atoms with Crippen molar-refractivity contribution in [1.82, 2.24) is 9.55 Å². The molecule has 0 aromatic carbocycles. The van der Waals surface area contributed by atoms with Gasteiger partial charge in [-0.25, -0.2) is 4.79 Å². The number of aliphatic hydroxyl groups is 3. The molecule has 1 aliphatic heterocycles. The molecule has 4 N–H and O–H groups in total. The van der Waals surface area contributed by atoms with E-state index in [9.17, 15) is 24.9 Å². The van der Waals surface area contributed by atoms with Crippen LogP contribution in [0.15, 0.2) is 21.9 Å². The zero-order valence-electron chi connectivity index (χ0n) is 14.6. The fraction of sp³-hybridized carbons (Fsp3) is 0.733. The summed E-state index contributed by atoms with van der Waals surface area (Å²) in [5.41, 5.74) is -1.31. The Morgan fingerprint density at radius 3 is 2.42 bits per heavy atom. The van der Waals surface area contributed by atoms with Crippen molar-refractivity contribution in [3.8, 4) is 0 Å². The molecule has 4 atom stereocenters. The van der Waals surface area contributed by atoms with Crippen LogP contribution in [0, 0.1) is 0 Å². The number of rotatable bonds is 3. The van der Waals surface area contributed by atoms with E-state index in [4.69, 9.17) is 4.74 Å². The molecule has 24 heavy (non-hydrogen) atoms. The van der Waals surface area contributed by atoms with Crippen molar-refractivity contribution < 1.29 is 20.1 Å². The Morgan fingerprint density at radius 1 is 1.38 bits per heavy atom. The topological polar surface area (TPSA) is 125 Å². The predicted molar refractivity (Wildman–Crippen MR) is 90.5 cm³/mol. The van der Waals surface area contributed by atoms with E-state index in [1.54, 1.807) is 0 Å². The number of nitrogens with one attached hydrogen (secondary N) is 1. The molecule has 136 valence electrons. The lowest BCUT2D eigenvalue weighted by molar-refractivity contribution is -0.0601. The third-order valence-corrected chi connectivity index (χ3v) is 12.1. The third kappa shape index (κ3) is 2.60. The van der Waals surface area contributed by atoms with E-state index < -0.39 is 49.6 Å². The van der Waals surface area contributed by atoms with E-state index in [-0.39, 0.29) is 5.04 Å². The lowest BCUT2D eigenvalue weighted by atomic mass is 10.1. The Hall–Kier alpha value is -1.26. The molecule has 0 spiro atoms. The quantitative estimate of drug-likeness (QED) is 0.543. The zero-order chi connectivity index (χ0) is 18.5. The Balaban J connectivity index is 2.56. The van der Waals surface area contributed by atoms with Crippen molar-refractivity contribution in [3.05, 3.63) is 33.1 Å². The van der Waals surface area contributed by atoms with Gasteiger partial charge in [-0.15, -0.1) is 0 Å². The lowest BCUT2D eigenvalue weighted by Gasteiger charge is -2.50. The summed E-state index contributed by atoms with van der Waals surface area (Å²) in [6.45, 7) is 9.25. The molecule has 2 heterocycles. The first-order valence-corrected chi connectivity index (χ1v) is 10.9. The second-order valence-corrected chi connectivity index (χ2v) is 13.4. The molecule has 1 fully saturated rings. The number of aliphatic hydroxyl groups excluding tert-OH is 2. The minimum Gasteiger partial charge on any atom is -0.394 e. The van der Waals surface area contributed by atoms with Crippen molar-refractivity contribution in [2.45, 2.75) is 62.6 Å². The Bertz CT molecular complexity index is 722. The molecular weight excluding hydrogens is 332 g/mol. The van der Waals surface area contributed by atoms with Gasteiger partial charge in [0.05, 0.1) is 14.7 Å². The molecule has 0 radical (unpaired) electrons. The van der Waals surface area contributed by atoms with Crippen LogP contribution in [0.5, 0.6) is 0 Å². The number of hydrogen-bond donors (Lipinski definition) is 4. The molecule has 8 nitrogen and oxygen atoms in total. The summed E-state index contributed by atoms with van der Waals surface area (Å²) in [5, 5.41) is 30.0. The molecule has 0 aliphatic carbocycles. The number of ether oxygens (including phenoxy) is 1. The van der Waals surface area contributed by atoms with Gasteiger partial charge < -0.3 is 20.1 Å². The highest BCUT2D eigenvalue weighted by Crippen LogP contribution is 2.51. The van der Waals surface area contributed by atoms with Gasteiger partial charge in [-0.3, -0.25) is 14.3 Å². The fourth-order valence-electron chi connectivity index (χ4n) is 3.15. The first-order valence-electron chi connectivity index (χ1n) is 7.86. The second-order valence-electron chi connectivity index (χ2n) is 7.86. The lowest BCUT2D eigenvalue weighted by Crippen LogP contribution is -2.69. The summed E-state index contributed by atoms with van der Waals surface area (Å²) >= 11 is 0. The minimum atomic E-state index is -2.61. The molecule has 1 saturated heterocycles. The highest BCUT2D eigenvalue weighted by Gasteiger charge is 2.66. The van der Waals surface area contributed by atoms with Crippen molar-refractivity contribution in [2.24, 2.45) is 0 Å². The van der Waals surface area contributed by atoms with Gasteiger partial charge >= 0.3 is 5.69 Å². The number of nitrogens with zero attached hydrogens (tertiary/aromatic N) is 1. The second kappa shape index (κ2) is 5.92. The predicted octanol–water partition coefficient (Wildman–Crippen LogP) is -0.434. The van der Waals surface area contributed by atoms with E-state index in [1.807, 2.05) is 33.9 Å². The molecule has 0 saturated carbocycles. The molecule has 9 heteroatoms. The Morgan fingerprint density at radius 2 is 1.96 bits per heavy atom. The van der Waals surface area contributed by atoms with Gasteiger partial charge in [0.15, 0.2) is 6.23 Å². The van der Waals surface area contributed by atoms with Crippen molar-refractivity contribution in [2.75, 3.05) is 6.61 Å². The van der Waals surface area contributed by atoms with Crippen LogP contribution < -0.4 is 11.2 Å². The van der Waals surface area contributed by atoms with Gasteiger partial charge in [-0.2, -0.15) is 0 Å². The molecule has 0 unspecified atom stereocenters. The SMILES string of the molecule is CC(C)(C)[Si](C)(C)[C@@]1(O)[C@@H](CO)O[C@@H](n2ccc(=O)[nH]c2=O)[C@@H]1O. The molecule has 1 aromatic rings. The van der Waals surface area contributed by atoms with Gasteiger partial charge in [0.2, 0.25) is 0 Å². The van der Waals surface area contributed by atoms with Gasteiger partial charge in [0.25, 0.3) is 5.56 Å². The number of H-pyrrole nitrogens is 1. The van der Waals surface area contributed by atoms with Crippen molar-refractivity contribution in [1.29, 1.82) is 0 Å². The maximum absolute atomic E-state index is 12.0. The monoisotopic (exact) mass is 358 g/mol. The van der Waals surface area contributed by atoms with Crippen molar-refractivity contribution in [3.63, 3.8) is 0 Å². The summed E-state index contributed by atoms with van der Waals surface area (Å²) in [5.74, 6) is 0. The van der Waals surface area contributed by atoms with E-state index in [0.717, 1.165) is 10.6 Å². The number of hydrogen-bond acceptors (Lipinski definition) is 6. The van der Waals surface area contributed by atoms with Crippen LogP contribution >= 0.6 is 0 Å². The van der Waals surface area contributed by atoms with E-state index in [0.29, 0.717) is 0 Å². The van der Waals surface area contributed by atoms with Crippen molar-refractivity contribution >= 4 is 8.07 Å². The molecule has 2 rings (SSSR count). The summed E-state index contributed by atoms with van der Waals surface area (Å²) in [7, 11) is -2.61. The maximum atomic E-state index is 12.0. The average Bonchev–Trinajstić information content (AvgIpc) is 2.72. The average molecular weight is 358 g/mol. The van der Waals surface area contributed by atoms with Gasteiger partial charge in [0.1, 0.15) is 17.4 Å². The van der Waals surface area contributed by atoms with E-state index in [1.165, 1.54) is 6.20 Å². The number of aromatic amines is 1. The summed E-state index contributed by atoms with van der Waals surface area (Å²) in [6.07, 6.45) is -2.43. The van der Waals surface area contributed by atoms with Crippen LogP contribution in [-0.4, -0.2) is 57.0 Å². The maximum Gasteiger partial charge on any atom is 0.330 e. The Labute approximate surface area is 140 Å².